The summed E-state index contributed by atoms with van der Waals surface area (Å²) in [4.78, 5) is 24.9. The van der Waals surface area contributed by atoms with Crippen LogP contribution in [0.15, 0.2) is 54.6 Å². The van der Waals surface area contributed by atoms with Gasteiger partial charge in [0.05, 0.1) is 7.11 Å². The summed E-state index contributed by atoms with van der Waals surface area (Å²) in [5.74, 6) is -1.16. The number of phenols is 2. The number of Topliss-reactive ketones (excluding diaryl/α,β-unsaturated/α-hetero) is 1. The zero-order chi connectivity index (χ0) is 19.6. The number of esters is 1. The number of methoxy groups -OCH3 is 1. The van der Waals surface area contributed by atoms with Crippen LogP contribution in [0.1, 0.15) is 27.6 Å². The summed E-state index contributed by atoms with van der Waals surface area (Å²) >= 11 is 0. The maximum Gasteiger partial charge on any atom is 0.342 e. The number of hydrogen-bond donors (Lipinski definition) is 2. The topological polar surface area (TPSA) is 93.1 Å². The third-order valence-corrected chi connectivity index (χ3v) is 4.24. The maximum absolute atomic E-state index is 12.4. The molecule has 0 fully saturated rings. The number of ether oxygens (including phenoxy) is 2. The first-order valence-electron chi connectivity index (χ1n) is 8.25. The first kappa shape index (κ1) is 18.3. The van der Waals surface area contributed by atoms with Crippen molar-refractivity contribution in [1.82, 2.24) is 0 Å². The minimum Gasteiger partial charge on any atom is -0.507 e. The van der Waals surface area contributed by atoms with Crippen molar-refractivity contribution in [1.29, 1.82) is 0 Å². The van der Waals surface area contributed by atoms with E-state index in [4.69, 9.17) is 9.47 Å². The quantitative estimate of drug-likeness (QED) is 0.406. The van der Waals surface area contributed by atoms with Crippen LogP contribution in [0.3, 0.4) is 0 Å². The molecule has 2 N–H and O–H groups in total. The van der Waals surface area contributed by atoms with Gasteiger partial charge in [0.15, 0.2) is 6.10 Å². The summed E-state index contributed by atoms with van der Waals surface area (Å²) < 4.78 is 10.2. The van der Waals surface area contributed by atoms with Gasteiger partial charge in [0.2, 0.25) is 5.78 Å². The molecule has 0 heterocycles. The highest BCUT2D eigenvalue weighted by Gasteiger charge is 2.24. The fourth-order valence-corrected chi connectivity index (χ4v) is 2.76. The van der Waals surface area contributed by atoms with Gasteiger partial charge in [-0.15, -0.1) is 0 Å². The molecule has 6 heteroatoms. The molecule has 3 aromatic carbocycles. The lowest BCUT2D eigenvalue weighted by Crippen LogP contribution is -2.24. The van der Waals surface area contributed by atoms with Gasteiger partial charge >= 0.3 is 5.97 Å². The molecule has 0 spiro atoms. The molecule has 0 bridgehead atoms. The second-order valence-electron chi connectivity index (χ2n) is 5.98. The molecule has 0 unspecified atom stereocenters. The summed E-state index contributed by atoms with van der Waals surface area (Å²) in [5.41, 5.74) is 0.155. The summed E-state index contributed by atoms with van der Waals surface area (Å²) in [7, 11) is 1.52. The average Bonchev–Trinajstić information content (AvgIpc) is 2.70. The molecular formula is C21H18O6. The molecule has 3 aromatic rings. The largest absolute Gasteiger partial charge is 0.507 e. The Morgan fingerprint density at radius 3 is 2.22 bits per heavy atom. The summed E-state index contributed by atoms with van der Waals surface area (Å²) in [6, 6.07) is 14.1. The number of carbonyl (C=O) groups excluding carboxylic acids is 2. The van der Waals surface area contributed by atoms with Gasteiger partial charge in [-0.3, -0.25) is 4.79 Å². The normalized spacial score (nSPS) is 11.8. The van der Waals surface area contributed by atoms with Gasteiger partial charge in [-0.25, -0.2) is 4.79 Å². The van der Waals surface area contributed by atoms with Crippen LogP contribution in [0.5, 0.6) is 17.2 Å². The second kappa shape index (κ2) is 7.37. The van der Waals surface area contributed by atoms with Gasteiger partial charge < -0.3 is 19.7 Å². The van der Waals surface area contributed by atoms with Crippen LogP contribution in [-0.4, -0.2) is 35.2 Å². The second-order valence-corrected chi connectivity index (χ2v) is 5.98. The molecule has 0 saturated heterocycles. The number of aromatic hydroxyl groups is 2. The molecule has 0 saturated carbocycles. The Balaban J connectivity index is 1.83. The van der Waals surface area contributed by atoms with Crippen LogP contribution in [0.2, 0.25) is 0 Å². The molecule has 0 radical (unpaired) electrons. The van der Waals surface area contributed by atoms with E-state index in [9.17, 15) is 19.8 Å². The molecule has 1 atom stereocenters. The lowest BCUT2D eigenvalue weighted by Gasteiger charge is -2.14. The van der Waals surface area contributed by atoms with Crippen LogP contribution in [0, 0.1) is 0 Å². The predicted octanol–water partition coefficient (Wildman–Crippen LogP) is 3.69. The van der Waals surface area contributed by atoms with E-state index in [0.29, 0.717) is 22.1 Å². The van der Waals surface area contributed by atoms with Crippen molar-refractivity contribution >= 4 is 22.5 Å². The maximum atomic E-state index is 12.4. The first-order valence-corrected chi connectivity index (χ1v) is 8.25. The van der Waals surface area contributed by atoms with Crippen LogP contribution in [0.25, 0.3) is 10.8 Å². The van der Waals surface area contributed by atoms with Gasteiger partial charge in [0, 0.05) is 16.3 Å². The molecular weight excluding hydrogens is 348 g/mol. The van der Waals surface area contributed by atoms with E-state index in [1.165, 1.54) is 14.0 Å². The lowest BCUT2D eigenvalue weighted by molar-refractivity contribution is 0.0316. The van der Waals surface area contributed by atoms with Crippen LogP contribution in [0.4, 0.5) is 0 Å². The monoisotopic (exact) mass is 366 g/mol. The van der Waals surface area contributed by atoms with E-state index in [2.05, 4.69) is 0 Å². The van der Waals surface area contributed by atoms with Crippen molar-refractivity contribution < 1.29 is 29.3 Å². The SMILES string of the molecule is COc1ccc(C(=O)[C@@H](C)OC(=O)c2cc(O)c3ccccc3c2O)cc1. The number of fused-ring (bicyclic) bond motifs is 1. The molecule has 0 aliphatic carbocycles. The van der Waals surface area contributed by atoms with Crippen molar-refractivity contribution in [2.75, 3.05) is 7.11 Å². The highest BCUT2D eigenvalue weighted by molar-refractivity contribution is 6.05. The number of hydrogen-bond acceptors (Lipinski definition) is 6. The molecule has 0 amide bonds. The molecule has 6 nitrogen and oxygen atoms in total. The van der Waals surface area contributed by atoms with Crippen molar-refractivity contribution in [2.45, 2.75) is 13.0 Å². The fourth-order valence-electron chi connectivity index (χ4n) is 2.76. The summed E-state index contributed by atoms with van der Waals surface area (Å²) in [5, 5.41) is 21.2. The fraction of sp³-hybridized carbons (Fsp3) is 0.143. The van der Waals surface area contributed by atoms with Crippen LogP contribution in [-0.2, 0) is 4.74 Å². The Morgan fingerprint density at radius 2 is 1.59 bits per heavy atom. The van der Waals surface area contributed by atoms with Crippen LogP contribution >= 0.6 is 0 Å². The van der Waals surface area contributed by atoms with E-state index in [-0.39, 0.29) is 17.1 Å². The summed E-state index contributed by atoms with van der Waals surface area (Å²) in [6.07, 6.45) is -1.07. The Labute approximate surface area is 155 Å². The number of rotatable bonds is 5. The number of benzene rings is 3. The Hall–Kier alpha value is -3.54. The zero-order valence-electron chi connectivity index (χ0n) is 14.8. The van der Waals surface area contributed by atoms with E-state index < -0.39 is 17.9 Å². The number of ketones is 1. The Morgan fingerprint density at radius 1 is 0.963 bits per heavy atom. The molecule has 0 aliphatic heterocycles. The lowest BCUT2D eigenvalue weighted by atomic mass is 10.0. The third-order valence-electron chi connectivity index (χ3n) is 4.24. The minimum atomic E-state index is -1.07. The molecule has 27 heavy (non-hydrogen) atoms. The highest BCUT2D eigenvalue weighted by Crippen LogP contribution is 2.35. The third kappa shape index (κ3) is 3.55. The average molecular weight is 366 g/mol. The van der Waals surface area contributed by atoms with E-state index in [1.807, 2.05) is 0 Å². The number of phenolic OH excluding ortho intramolecular Hbond substituents is 2. The van der Waals surface area contributed by atoms with Crippen molar-refractivity contribution in [3.63, 3.8) is 0 Å². The molecule has 0 aliphatic rings. The molecule has 3 rings (SSSR count). The Kier molecular flexibility index (Phi) is 4.98. The van der Waals surface area contributed by atoms with E-state index in [1.54, 1.807) is 48.5 Å². The summed E-state index contributed by atoms with van der Waals surface area (Å²) in [6.45, 7) is 1.45. The van der Waals surface area contributed by atoms with Crippen molar-refractivity contribution in [2.24, 2.45) is 0 Å². The van der Waals surface area contributed by atoms with Gasteiger partial charge in [-0.05, 0) is 37.3 Å². The number of carbonyl (C=O) groups is 2. The minimum absolute atomic E-state index is 0.163. The van der Waals surface area contributed by atoms with Crippen molar-refractivity contribution in [3.8, 4) is 17.2 Å². The van der Waals surface area contributed by atoms with Crippen molar-refractivity contribution in [3.05, 3.63) is 65.7 Å². The molecule has 138 valence electrons. The highest BCUT2D eigenvalue weighted by atomic mass is 16.5. The zero-order valence-corrected chi connectivity index (χ0v) is 14.8. The Bertz CT molecular complexity index is 1010. The predicted molar refractivity (Wildman–Crippen MR) is 99.5 cm³/mol. The van der Waals surface area contributed by atoms with Gasteiger partial charge in [0.1, 0.15) is 22.8 Å². The van der Waals surface area contributed by atoms with E-state index in [0.717, 1.165) is 6.07 Å². The first-order chi connectivity index (χ1) is 12.9. The standard InChI is InChI=1S/C21H18O6/c1-12(19(23)13-7-9-14(26-2)10-8-13)27-21(25)17-11-18(22)15-5-3-4-6-16(15)20(17)24/h3-12,22,24H,1-2H3/t12-/m1/s1. The van der Waals surface area contributed by atoms with Gasteiger partial charge in [0.25, 0.3) is 0 Å². The molecule has 0 aromatic heterocycles. The van der Waals surface area contributed by atoms with Gasteiger partial charge in [-0.1, -0.05) is 24.3 Å². The van der Waals surface area contributed by atoms with Crippen LogP contribution < -0.4 is 4.74 Å². The van der Waals surface area contributed by atoms with E-state index >= 15 is 0 Å². The van der Waals surface area contributed by atoms with Gasteiger partial charge in [-0.2, -0.15) is 0 Å². The smallest absolute Gasteiger partial charge is 0.342 e.